The van der Waals surface area contributed by atoms with Gasteiger partial charge in [0.15, 0.2) is 0 Å². The smallest absolute Gasteiger partial charge is 0.312 e. The van der Waals surface area contributed by atoms with Gasteiger partial charge in [-0.15, -0.1) is 0 Å². The number of esters is 1. The number of carbonyl (C=O) groups is 4. The lowest BCUT2D eigenvalue weighted by Gasteiger charge is -2.37. The van der Waals surface area contributed by atoms with Gasteiger partial charge in [-0.1, -0.05) is 26.7 Å². The van der Waals surface area contributed by atoms with Crippen LogP contribution in [0.4, 0.5) is 4.79 Å². The van der Waals surface area contributed by atoms with Crippen molar-refractivity contribution >= 4 is 23.9 Å². The lowest BCUT2D eigenvalue weighted by molar-refractivity contribution is -0.158. The molecule has 0 saturated heterocycles. The summed E-state index contributed by atoms with van der Waals surface area (Å²) in [6, 6.07) is -1.89. The molecule has 0 spiro atoms. The van der Waals surface area contributed by atoms with Crippen LogP contribution in [0, 0.1) is 17.8 Å². The van der Waals surface area contributed by atoms with Crippen LogP contribution in [0.3, 0.4) is 0 Å². The molecule has 0 heterocycles. The summed E-state index contributed by atoms with van der Waals surface area (Å²) in [5.74, 6) is -3.59. The summed E-state index contributed by atoms with van der Waals surface area (Å²) < 4.78 is 5.35. The number of ether oxygens (including phenoxy) is 1. The van der Waals surface area contributed by atoms with E-state index in [-0.39, 0.29) is 18.2 Å². The molecular formula is C17H29N3O6. The Bertz CT molecular complexity index is 549. The van der Waals surface area contributed by atoms with Gasteiger partial charge in [0.05, 0.1) is 5.92 Å². The summed E-state index contributed by atoms with van der Waals surface area (Å²) in [7, 11) is 0. The summed E-state index contributed by atoms with van der Waals surface area (Å²) in [5.41, 5.74) is 5.25. The van der Waals surface area contributed by atoms with Crippen LogP contribution in [0.25, 0.3) is 0 Å². The summed E-state index contributed by atoms with van der Waals surface area (Å²) in [6.45, 7) is 6.50. The van der Waals surface area contributed by atoms with E-state index in [9.17, 15) is 24.3 Å². The van der Waals surface area contributed by atoms with Crippen LogP contribution in [-0.4, -0.2) is 47.2 Å². The number of carboxylic acid groups (broad SMARTS) is 1. The van der Waals surface area contributed by atoms with Gasteiger partial charge < -0.3 is 26.2 Å². The van der Waals surface area contributed by atoms with Crippen LogP contribution in [0.15, 0.2) is 0 Å². The zero-order chi connectivity index (χ0) is 20.0. The van der Waals surface area contributed by atoms with Gasteiger partial charge in [-0.25, -0.2) is 4.79 Å². The summed E-state index contributed by atoms with van der Waals surface area (Å²) in [4.78, 5) is 46.5. The Morgan fingerprint density at radius 2 is 1.77 bits per heavy atom. The van der Waals surface area contributed by atoms with E-state index in [4.69, 9.17) is 10.5 Å². The summed E-state index contributed by atoms with van der Waals surface area (Å²) in [6.07, 6.45) is 0.550. The molecule has 9 heteroatoms. The Kier molecular flexibility index (Phi) is 7.85. The normalized spacial score (nSPS) is 26.2. The molecule has 1 aliphatic carbocycles. The number of carbonyl (C=O) groups excluding carboxylic acids is 3. The first kappa shape index (κ1) is 21.7. The van der Waals surface area contributed by atoms with Crippen molar-refractivity contribution in [2.45, 2.75) is 65.1 Å². The van der Waals surface area contributed by atoms with Gasteiger partial charge in [0, 0.05) is 31.8 Å². The molecule has 0 aliphatic heterocycles. The van der Waals surface area contributed by atoms with Gasteiger partial charge in [-0.05, 0) is 12.3 Å². The van der Waals surface area contributed by atoms with Crippen molar-refractivity contribution in [1.29, 1.82) is 0 Å². The van der Waals surface area contributed by atoms with Crippen molar-refractivity contribution in [2.75, 3.05) is 0 Å². The number of aliphatic carboxylic acids is 1. The second-order valence-corrected chi connectivity index (χ2v) is 6.75. The van der Waals surface area contributed by atoms with Crippen molar-refractivity contribution in [1.82, 2.24) is 10.6 Å². The molecule has 9 nitrogen and oxygen atoms in total. The number of nitrogens with two attached hydrogens (primary N) is 1. The lowest BCUT2D eigenvalue weighted by atomic mass is 9.80. The molecule has 0 aromatic rings. The van der Waals surface area contributed by atoms with E-state index in [1.165, 1.54) is 13.8 Å². The Morgan fingerprint density at radius 1 is 1.19 bits per heavy atom. The average Bonchev–Trinajstić information content (AvgIpc) is 2.83. The van der Waals surface area contributed by atoms with Crippen molar-refractivity contribution in [3.05, 3.63) is 0 Å². The Hall–Kier alpha value is -2.32. The monoisotopic (exact) mass is 371 g/mol. The van der Waals surface area contributed by atoms with Gasteiger partial charge in [0.2, 0.25) is 5.91 Å². The molecule has 1 rings (SSSR count). The molecule has 1 fully saturated rings. The first-order chi connectivity index (χ1) is 12.1. The molecular weight excluding hydrogens is 342 g/mol. The van der Waals surface area contributed by atoms with E-state index in [0.29, 0.717) is 0 Å². The highest BCUT2D eigenvalue weighted by molar-refractivity contribution is 5.76. The Labute approximate surface area is 153 Å². The van der Waals surface area contributed by atoms with Crippen molar-refractivity contribution in [3.8, 4) is 0 Å². The summed E-state index contributed by atoms with van der Waals surface area (Å²) in [5, 5.41) is 15.0. The number of primary amides is 1. The van der Waals surface area contributed by atoms with Crippen LogP contribution in [-0.2, 0) is 19.1 Å². The van der Waals surface area contributed by atoms with Gasteiger partial charge in [-0.3, -0.25) is 14.4 Å². The standard InChI is InChI=1S/C17H29N3O6/c1-5-10(6-2)14(19-8(3)21)13-12(20-17(18)25)7-11(16(23)24)15(13)26-9(4)22/h10-15H,5-7H2,1-4H3,(H,19,21)(H,23,24)(H3,18,20,25)/t11-,12+,13+,14-,15+/m0/s1. The van der Waals surface area contributed by atoms with E-state index < -0.39 is 48.0 Å². The molecule has 148 valence electrons. The number of nitrogens with one attached hydrogen (secondary N) is 2. The number of hydrogen-bond donors (Lipinski definition) is 4. The maximum Gasteiger partial charge on any atom is 0.312 e. The van der Waals surface area contributed by atoms with Gasteiger partial charge in [0.25, 0.3) is 0 Å². The van der Waals surface area contributed by atoms with Gasteiger partial charge in [0.1, 0.15) is 6.10 Å². The zero-order valence-corrected chi connectivity index (χ0v) is 15.7. The minimum Gasteiger partial charge on any atom is -0.481 e. The molecule has 0 aromatic heterocycles. The number of amides is 3. The Balaban J connectivity index is 3.37. The molecule has 3 amide bonds. The predicted octanol–water partition coefficient (Wildman–Crippen LogP) is 0.617. The fourth-order valence-corrected chi connectivity index (χ4v) is 4.01. The maximum absolute atomic E-state index is 11.8. The highest BCUT2D eigenvalue weighted by atomic mass is 16.5. The highest BCUT2D eigenvalue weighted by Gasteiger charge is 2.53. The largest absolute Gasteiger partial charge is 0.481 e. The predicted molar refractivity (Wildman–Crippen MR) is 93.0 cm³/mol. The number of urea groups is 1. The van der Waals surface area contributed by atoms with Crippen LogP contribution in [0.5, 0.6) is 0 Å². The molecule has 26 heavy (non-hydrogen) atoms. The van der Waals surface area contributed by atoms with Gasteiger partial charge in [-0.2, -0.15) is 0 Å². The van der Waals surface area contributed by atoms with Crippen LogP contribution < -0.4 is 16.4 Å². The fraction of sp³-hybridized carbons (Fsp3) is 0.765. The Morgan fingerprint density at radius 3 is 2.15 bits per heavy atom. The second kappa shape index (κ2) is 9.40. The SMILES string of the molecule is CCC(CC)[C@H](NC(C)=O)[C@@H]1[C@H](OC(C)=O)[C@@H](C(=O)O)C[C@H]1NC(N)=O. The average molecular weight is 371 g/mol. The third-order valence-electron chi connectivity index (χ3n) is 5.04. The molecule has 0 unspecified atom stereocenters. The van der Waals surface area contributed by atoms with Crippen LogP contribution in [0.1, 0.15) is 47.0 Å². The first-order valence-electron chi connectivity index (χ1n) is 8.85. The number of hydrogen-bond acceptors (Lipinski definition) is 5. The third kappa shape index (κ3) is 5.34. The molecule has 5 atom stereocenters. The highest BCUT2D eigenvalue weighted by Crippen LogP contribution is 2.39. The van der Waals surface area contributed by atoms with E-state index in [1.807, 2.05) is 13.8 Å². The van der Waals surface area contributed by atoms with E-state index in [0.717, 1.165) is 12.8 Å². The van der Waals surface area contributed by atoms with E-state index in [1.54, 1.807) is 0 Å². The van der Waals surface area contributed by atoms with Gasteiger partial charge >= 0.3 is 18.0 Å². The third-order valence-corrected chi connectivity index (χ3v) is 5.04. The number of rotatable bonds is 8. The molecule has 1 aliphatic rings. The van der Waals surface area contributed by atoms with Crippen molar-refractivity contribution in [3.63, 3.8) is 0 Å². The topological polar surface area (TPSA) is 148 Å². The second-order valence-electron chi connectivity index (χ2n) is 6.75. The van der Waals surface area contributed by atoms with Crippen molar-refractivity contribution in [2.24, 2.45) is 23.5 Å². The fourth-order valence-electron chi connectivity index (χ4n) is 4.01. The molecule has 0 aromatic carbocycles. The molecule has 0 radical (unpaired) electrons. The minimum absolute atomic E-state index is 0.0201. The van der Waals surface area contributed by atoms with Crippen LogP contribution >= 0.6 is 0 Å². The van der Waals surface area contributed by atoms with E-state index in [2.05, 4.69) is 10.6 Å². The lowest BCUT2D eigenvalue weighted by Crippen LogP contribution is -2.55. The van der Waals surface area contributed by atoms with Crippen molar-refractivity contribution < 1.29 is 29.0 Å². The first-order valence-corrected chi connectivity index (χ1v) is 8.85. The zero-order valence-electron chi connectivity index (χ0n) is 15.7. The maximum atomic E-state index is 11.8. The molecule has 5 N–H and O–H groups in total. The summed E-state index contributed by atoms with van der Waals surface area (Å²) >= 11 is 0. The quantitative estimate of drug-likeness (QED) is 0.460. The van der Waals surface area contributed by atoms with Crippen LogP contribution in [0.2, 0.25) is 0 Å². The minimum atomic E-state index is -1.12. The molecule has 0 bridgehead atoms. The number of carboxylic acids is 1. The molecule has 1 saturated carbocycles. The van der Waals surface area contributed by atoms with E-state index >= 15 is 0 Å².